The van der Waals surface area contributed by atoms with E-state index in [9.17, 15) is 9.59 Å². The molecule has 0 saturated carbocycles. The van der Waals surface area contributed by atoms with E-state index >= 15 is 0 Å². The SMILES string of the molecule is CCN(CCCO)C(=O)NCc1nc(C(=O)O)cs1. The number of aromatic carboxylic acids is 1. The number of aliphatic hydroxyl groups is 1. The van der Waals surface area contributed by atoms with Crippen molar-refractivity contribution in [2.75, 3.05) is 19.7 Å². The third kappa shape index (κ3) is 4.84. The zero-order valence-electron chi connectivity index (χ0n) is 10.6. The van der Waals surface area contributed by atoms with Crippen LogP contribution in [0, 0.1) is 0 Å². The Balaban J connectivity index is 2.45. The van der Waals surface area contributed by atoms with Crippen molar-refractivity contribution < 1.29 is 19.8 Å². The normalized spacial score (nSPS) is 10.2. The number of carbonyl (C=O) groups excluding carboxylic acids is 1. The number of amides is 2. The van der Waals surface area contributed by atoms with Crippen LogP contribution in [0.3, 0.4) is 0 Å². The zero-order valence-corrected chi connectivity index (χ0v) is 11.4. The molecule has 1 aromatic heterocycles. The lowest BCUT2D eigenvalue weighted by Gasteiger charge is -2.20. The molecule has 0 unspecified atom stereocenters. The second kappa shape index (κ2) is 7.70. The summed E-state index contributed by atoms with van der Waals surface area (Å²) < 4.78 is 0. The van der Waals surface area contributed by atoms with Crippen LogP contribution in [0.4, 0.5) is 4.79 Å². The number of carboxylic acids is 1. The molecule has 8 heteroatoms. The summed E-state index contributed by atoms with van der Waals surface area (Å²) in [6.45, 7) is 3.12. The van der Waals surface area contributed by atoms with E-state index in [0.29, 0.717) is 24.5 Å². The van der Waals surface area contributed by atoms with Gasteiger partial charge in [-0.3, -0.25) is 0 Å². The maximum absolute atomic E-state index is 11.8. The maximum Gasteiger partial charge on any atom is 0.355 e. The van der Waals surface area contributed by atoms with Crippen molar-refractivity contribution in [3.63, 3.8) is 0 Å². The molecule has 0 fully saturated rings. The van der Waals surface area contributed by atoms with E-state index in [1.165, 1.54) is 16.7 Å². The van der Waals surface area contributed by atoms with Crippen LogP contribution < -0.4 is 5.32 Å². The van der Waals surface area contributed by atoms with Gasteiger partial charge in [0.05, 0.1) is 6.54 Å². The number of nitrogens with one attached hydrogen (secondary N) is 1. The molecule has 19 heavy (non-hydrogen) atoms. The largest absolute Gasteiger partial charge is 0.476 e. The second-order valence-corrected chi connectivity index (χ2v) is 4.69. The number of urea groups is 1. The summed E-state index contributed by atoms with van der Waals surface area (Å²) >= 11 is 1.19. The molecule has 0 radical (unpaired) electrons. The number of nitrogens with zero attached hydrogens (tertiary/aromatic N) is 2. The number of aromatic nitrogens is 1. The lowest BCUT2D eigenvalue weighted by atomic mass is 10.4. The van der Waals surface area contributed by atoms with Gasteiger partial charge in [-0.25, -0.2) is 14.6 Å². The van der Waals surface area contributed by atoms with Gasteiger partial charge < -0.3 is 20.4 Å². The molecule has 0 aromatic carbocycles. The summed E-state index contributed by atoms with van der Waals surface area (Å²) in [7, 11) is 0. The molecule has 1 heterocycles. The monoisotopic (exact) mass is 287 g/mol. The molecular weight excluding hydrogens is 270 g/mol. The summed E-state index contributed by atoms with van der Waals surface area (Å²) in [5.74, 6) is -1.08. The molecule has 0 aliphatic heterocycles. The van der Waals surface area contributed by atoms with E-state index in [4.69, 9.17) is 10.2 Å². The standard InChI is InChI=1S/C11H17N3O4S/c1-2-14(4-3-5-15)11(18)12-6-9-13-8(7-19-9)10(16)17/h7,15H,2-6H2,1H3,(H,12,18)(H,16,17). The summed E-state index contributed by atoms with van der Waals surface area (Å²) in [6.07, 6.45) is 0.529. The van der Waals surface area contributed by atoms with Crippen LogP contribution in [0.15, 0.2) is 5.38 Å². The Bertz CT molecular complexity index is 435. The Hall–Kier alpha value is -1.67. The van der Waals surface area contributed by atoms with Gasteiger partial charge in [0.15, 0.2) is 5.69 Å². The van der Waals surface area contributed by atoms with Crippen molar-refractivity contribution in [3.05, 3.63) is 16.1 Å². The molecule has 0 saturated heterocycles. The Kier molecular flexibility index (Phi) is 6.23. The average molecular weight is 287 g/mol. The third-order valence-electron chi connectivity index (χ3n) is 2.42. The maximum atomic E-state index is 11.8. The average Bonchev–Trinajstić information content (AvgIpc) is 2.86. The number of hydrogen-bond donors (Lipinski definition) is 3. The predicted molar refractivity (Wildman–Crippen MR) is 70.3 cm³/mol. The third-order valence-corrected chi connectivity index (χ3v) is 3.27. The Labute approximate surface area is 114 Å². The van der Waals surface area contributed by atoms with Crippen molar-refractivity contribution in [3.8, 4) is 0 Å². The van der Waals surface area contributed by atoms with Gasteiger partial charge in [0, 0.05) is 25.1 Å². The van der Waals surface area contributed by atoms with E-state index in [1.807, 2.05) is 6.92 Å². The molecule has 1 rings (SSSR count). The lowest BCUT2D eigenvalue weighted by molar-refractivity contribution is 0.0691. The molecule has 2 amide bonds. The van der Waals surface area contributed by atoms with E-state index in [2.05, 4.69) is 10.3 Å². The van der Waals surface area contributed by atoms with Crippen LogP contribution in [0.1, 0.15) is 28.8 Å². The fourth-order valence-corrected chi connectivity index (χ4v) is 2.13. The highest BCUT2D eigenvalue weighted by atomic mass is 32.1. The smallest absolute Gasteiger partial charge is 0.355 e. The minimum atomic E-state index is -1.08. The van der Waals surface area contributed by atoms with Gasteiger partial charge >= 0.3 is 12.0 Å². The van der Waals surface area contributed by atoms with Gasteiger partial charge in [0.1, 0.15) is 5.01 Å². The van der Waals surface area contributed by atoms with Crippen LogP contribution in [0.5, 0.6) is 0 Å². The molecule has 7 nitrogen and oxygen atoms in total. The van der Waals surface area contributed by atoms with Crippen LogP contribution in [-0.4, -0.2) is 51.8 Å². The molecule has 0 spiro atoms. The van der Waals surface area contributed by atoms with E-state index in [1.54, 1.807) is 4.90 Å². The minimum absolute atomic E-state index is 0.0122. The van der Waals surface area contributed by atoms with Crippen LogP contribution in [0.2, 0.25) is 0 Å². The summed E-state index contributed by atoms with van der Waals surface area (Å²) in [5.41, 5.74) is -0.0122. The van der Waals surface area contributed by atoms with Crippen LogP contribution >= 0.6 is 11.3 Å². The van der Waals surface area contributed by atoms with Gasteiger partial charge in [-0.2, -0.15) is 0 Å². The minimum Gasteiger partial charge on any atom is -0.476 e. The Morgan fingerprint density at radius 2 is 2.26 bits per heavy atom. The van der Waals surface area contributed by atoms with Crippen LogP contribution in [-0.2, 0) is 6.54 Å². The first-order valence-corrected chi connectivity index (χ1v) is 6.77. The first kappa shape index (κ1) is 15.4. The summed E-state index contributed by atoms with van der Waals surface area (Å²) in [4.78, 5) is 27.9. The second-order valence-electron chi connectivity index (χ2n) is 3.75. The summed E-state index contributed by atoms with van der Waals surface area (Å²) in [6, 6.07) is -0.247. The highest BCUT2D eigenvalue weighted by Gasteiger charge is 2.12. The van der Waals surface area contributed by atoms with Crippen molar-refractivity contribution in [2.45, 2.75) is 19.9 Å². The summed E-state index contributed by atoms with van der Waals surface area (Å²) in [5, 5.41) is 22.1. The lowest BCUT2D eigenvalue weighted by Crippen LogP contribution is -2.40. The fourth-order valence-electron chi connectivity index (χ4n) is 1.42. The van der Waals surface area contributed by atoms with Gasteiger partial charge in [-0.05, 0) is 13.3 Å². The zero-order chi connectivity index (χ0) is 14.3. The molecular formula is C11H17N3O4S. The topological polar surface area (TPSA) is 103 Å². The molecule has 0 aliphatic rings. The Morgan fingerprint density at radius 1 is 1.53 bits per heavy atom. The van der Waals surface area contributed by atoms with Gasteiger partial charge in [-0.1, -0.05) is 0 Å². The molecule has 0 aliphatic carbocycles. The molecule has 1 aromatic rings. The molecule has 0 atom stereocenters. The van der Waals surface area contributed by atoms with Crippen molar-refractivity contribution in [2.24, 2.45) is 0 Å². The van der Waals surface area contributed by atoms with E-state index in [0.717, 1.165) is 0 Å². The highest BCUT2D eigenvalue weighted by molar-refractivity contribution is 7.09. The van der Waals surface area contributed by atoms with Crippen LogP contribution in [0.25, 0.3) is 0 Å². The van der Waals surface area contributed by atoms with Crippen molar-refractivity contribution in [1.82, 2.24) is 15.2 Å². The number of thiazole rings is 1. The number of rotatable bonds is 7. The van der Waals surface area contributed by atoms with E-state index in [-0.39, 0.29) is 24.9 Å². The predicted octanol–water partition coefficient (Wildman–Crippen LogP) is 0.755. The molecule has 106 valence electrons. The number of hydrogen-bond acceptors (Lipinski definition) is 5. The first-order chi connectivity index (χ1) is 9.08. The van der Waals surface area contributed by atoms with Gasteiger partial charge in [0.2, 0.25) is 0 Å². The number of carboxylic acid groups (broad SMARTS) is 1. The number of carbonyl (C=O) groups is 2. The fraction of sp³-hybridized carbons (Fsp3) is 0.545. The van der Waals surface area contributed by atoms with E-state index < -0.39 is 5.97 Å². The quantitative estimate of drug-likeness (QED) is 0.687. The molecule has 3 N–H and O–H groups in total. The first-order valence-electron chi connectivity index (χ1n) is 5.89. The van der Waals surface area contributed by atoms with Gasteiger partial charge in [0.25, 0.3) is 0 Å². The van der Waals surface area contributed by atoms with Crippen molar-refractivity contribution >= 4 is 23.3 Å². The van der Waals surface area contributed by atoms with Gasteiger partial charge in [-0.15, -0.1) is 11.3 Å². The molecule has 0 bridgehead atoms. The number of aliphatic hydroxyl groups excluding tert-OH is 1. The highest BCUT2D eigenvalue weighted by Crippen LogP contribution is 2.09. The van der Waals surface area contributed by atoms with Crippen molar-refractivity contribution in [1.29, 1.82) is 0 Å². The Morgan fingerprint density at radius 3 is 2.79 bits per heavy atom.